The van der Waals surface area contributed by atoms with E-state index in [1.165, 1.54) is 33.5 Å². The fraction of sp³-hybridized carbons (Fsp3) is 0.900. The fourth-order valence-corrected chi connectivity index (χ4v) is 1.68. The molecule has 0 atom stereocenters. The molecule has 15 heavy (non-hydrogen) atoms. The highest BCUT2D eigenvalue weighted by Crippen LogP contribution is 2.19. The molecule has 88 valence electrons. The monoisotopic (exact) mass is 217 g/mol. The van der Waals surface area contributed by atoms with E-state index in [-0.39, 0.29) is 6.10 Å². The number of hydrogen-bond acceptors (Lipinski definition) is 4. The number of rotatable bonds is 5. The van der Waals surface area contributed by atoms with Crippen LogP contribution < -0.4 is 5.48 Å². The van der Waals surface area contributed by atoms with Crippen molar-refractivity contribution in [2.45, 2.75) is 44.5 Å². The summed E-state index contributed by atoms with van der Waals surface area (Å²) in [4.78, 5) is 16.6. The standard InChI is InChI=1S/C10H19NO4/c1-13-10(14-2)9(12)11-15-8-6-4-3-5-7-8/h8,10H,3-7H2,1-2H3,(H,11,12). The summed E-state index contributed by atoms with van der Waals surface area (Å²) in [6, 6.07) is 0. The maximum absolute atomic E-state index is 11.4. The van der Waals surface area contributed by atoms with Gasteiger partial charge in [-0.1, -0.05) is 19.3 Å². The van der Waals surface area contributed by atoms with Crippen molar-refractivity contribution in [3.05, 3.63) is 0 Å². The van der Waals surface area contributed by atoms with E-state index in [4.69, 9.17) is 14.3 Å². The minimum Gasteiger partial charge on any atom is -0.348 e. The fourth-order valence-electron chi connectivity index (χ4n) is 1.68. The Morgan fingerprint density at radius 2 is 1.80 bits per heavy atom. The topological polar surface area (TPSA) is 56.8 Å². The van der Waals surface area contributed by atoms with Crippen molar-refractivity contribution in [3.63, 3.8) is 0 Å². The van der Waals surface area contributed by atoms with Gasteiger partial charge in [-0.2, -0.15) is 0 Å². The van der Waals surface area contributed by atoms with Gasteiger partial charge in [-0.05, 0) is 12.8 Å². The Morgan fingerprint density at radius 3 is 2.33 bits per heavy atom. The summed E-state index contributed by atoms with van der Waals surface area (Å²) in [7, 11) is 2.82. The molecule has 0 spiro atoms. The molecule has 0 radical (unpaired) electrons. The molecular weight excluding hydrogens is 198 g/mol. The second kappa shape index (κ2) is 6.76. The largest absolute Gasteiger partial charge is 0.348 e. The summed E-state index contributed by atoms with van der Waals surface area (Å²) in [5, 5.41) is 0. The lowest BCUT2D eigenvalue weighted by molar-refractivity contribution is -0.176. The molecule has 1 N–H and O–H groups in total. The smallest absolute Gasteiger partial charge is 0.300 e. The first-order valence-electron chi connectivity index (χ1n) is 5.29. The molecule has 1 saturated carbocycles. The molecule has 0 bridgehead atoms. The maximum atomic E-state index is 11.4. The molecule has 1 aliphatic rings. The summed E-state index contributed by atoms with van der Waals surface area (Å²) in [5.41, 5.74) is 2.37. The van der Waals surface area contributed by atoms with Gasteiger partial charge in [0.1, 0.15) is 0 Å². The predicted molar refractivity (Wildman–Crippen MR) is 53.9 cm³/mol. The van der Waals surface area contributed by atoms with Gasteiger partial charge in [-0.3, -0.25) is 9.63 Å². The molecule has 1 rings (SSSR count). The first-order valence-corrected chi connectivity index (χ1v) is 5.29. The van der Waals surface area contributed by atoms with Gasteiger partial charge in [0.2, 0.25) is 6.29 Å². The Kier molecular flexibility index (Phi) is 5.60. The van der Waals surface area contributed by atoms with E-state index in [9.17, 15) is 4.79 Å². The highest BCUT2D eigenvalue weighted by Gasteiger charge is 2.20. The van der Waals surface area contributed by atoms with Crippen LogP contribution in [0.3, 0.4) is 0 Å². The molecule has 0 aliphatic heterocycles. The minimum atomic E-state index is -0.895. The van der Waals surface area contributed by atoms with E-state index in [1.54, 1.807) is 0 Å². The Balaban J connectivity index is 2.20. The molecule has 0 aromatic rings. The molecule has 5 heteroatoms. The summed E-state index contributed by atoms with van der Waals surface area (Å²) in [6.07, 6.45) is 4.84. The van der Waals surface area contributed by atoms with Gasteiger partial charge >= 0.3 is 0 Å². The van der Waals surface area contributed by atoms with Crippen LogP contribution in [0.2, 0.25) is 0 Å². The van der Waals surface area contributed by atoms with E-state index in [0.29, 0.717) is 0 Å². The number of hydroxylamine groups is 1. The zero-order valence-corrected chi connectivity index (χ0v) is 9.32. The first kappa shape index (κ1) is 12.4. The third kappa shape index (κ3) is 4.15. The van der Waals surface area contributed by atoms with E-state index >= 15 is 0 Å². The van der Waals surface area contributed by atoms with Crippen LogP contribution in [-0.2, 0) is 19.1 Å². The number of carbonyl (C=O) groups excluding carboxylic acids is 1. The summed E-state index contributed by atoms with van der Waals surface area (Å²) >= 11 is 0. The molecule has 5 nitrogen and oxygen atoms in total. The van der Waals surface area contributed by atoms with E-state index < -0.39 is 12.2 Å². The van der Waals surface area contributed by atoms with Gasteiger partial charge in [-0.25, -0.2) is 5.48 Å². The zero-order chi connectivity index (χ0) is 11.1. The second-order valence-corrected chi connectivity index (χ2v) is 3.65. The van der Waals surface area contributed by atoms with Crippen LogP contribution in [0.5, 0.6) is 0 Å². The van der Waals surface area contributed by atoms with Gasteiger partial charge in [-0.15, -0.1) is 0 Å². The molecule has 1 fully saturated rings. The van der Waals surface area contributed by atoms with Crippen molar-refractivity contribution in [1.29, 1.82) is 0 Å². The Bertz CT molecular complexity index is 188. The van der Waals surface area contributed by atoms with Crippen molar-refractivity contribution in [2.24, 2.45) is 0 Å². The van der Waals surface area contributed by atoms with Crippen LogP contribution in [0, 0.1) is 0 Å². The predicted octanol–water partition coefficient (Wildman–Crippen LogP) is 0.986. The highest BCUT2D eigenvalue weighted by atomic mass is 16.7. The van der Waals surface area contributed by atoms with E-state index in [0.717, 1.165) is 12.8 Å². The lowest BCUT2D eigenvalue weighted by atomic mass is 9.98. The van der Waals surface area contributed by atoms with Crippen LogP contribution in [-0.4, -0.2) is 32.5 Å². The molecule has 0 aromatic heterocycles. The van der Waals surface area contributed by atoms with Gasteiger partial charge in [0.25, 0.3) is 5.91 Å². The molecule has 0 aromatic carbocycles. The lowest BCUT2D eigenvalue weighted by Gasteiger charge is -2.22. The average Bonchev–Trinajstić information content (AvgIpc) is 2.29. The quantitative estimate of drug-likeness (QED) is 0.551. The summed E-state index contributed by atoms with van der Waals surface area (Å²) in [6.45, 7) is 0. The van der Waals surface area contributed by atoms with Gasteiger partial charge in [0.05, 0.1) is 6.10 Å². The van der Waals surface area contributed by atoms with E-state index in [2.05, 4.69) is 5.48 Å². The number of carbonyl (C=O) groups is 1. The van der Waals surface area contributed by atoms with Crippen molar-refractivity contribution < 1.29 is 19.1 Å². The number of hydrogen-bond donors (Lipinski definition) is 1. The van der Waals surface area contributed by atoms with Crippen molar-refractivity contribution in [1.82, 2.24) is 5.48 Å². The van der Waals surface area contributed by atoms with Crippen molar-refractivity contribution in [2.75, 3.05) is 14.2 Å². The van der Waals surface area contributed by atoms with Gasteiger partial charge in [0, 0.05) is 14.2 Å². The highest BCUT2D eigenvalue weighted by molar-refractivity contribution is 5.78. The van der Waals surface area contributed by atoms with Crippen LogP contribution in [0.4, 0.5) is 0 Å². The normalized spacial score (nSPS) is 18.1. The number of methoxy groups -OCH3 is 2. The molecule has 0 unspecified atom stereocenters. The number of amides is 1. The minimum absolute atomic E-state index is 0.136. The summed E-state index contributed by atoms with van der Waals surface area (Å²) in [5.74, 6) is -0.398. The maximum Gasteiger partial charge on any atom is 0.300 e. The third-order valence-corrected chi connectivity index (χ3v) is 2.52. The first-order chi connectivity index (χ1) is 7.27. The summed E-state index contributed by atoms with van der Waals surface area (Å²) < 4.78 is 9.57. The average molecular weight is 217 g/mol. The van der Waals surface area contributed by atoms with Gasteiger partial charge in [0.15, 0.2) is 0 Å². The molecule has 1 amide bonds. The zero-order valence-electron chi connectivity index (χ0n) is 9.32. The Hall–Kier alpha value is -0.650. The Morgan fingerprint density at radius 1 is 1.20 bits per heavy atom. The molecule has 0 saturated heterocycles. The third-order valence-electron chi connectivity index (χ3n) is 2.52. The van der Waals surface area contributed by atoms with Crippen molar-refractivity contribution >= 4 is 5.91 Å². The van der Waals surface area contributed by atoms with Crippen LogP contribution in [0.25, 0.3) is 0 Å². The number of ether oxygens (including phenoxy) is 2. The SMILES string of the molecule is COC(OC)C(=O)NOC1CCCCC1. The number of nitrogens with one attached hydrogen (secondary N) is 1. The van der Waals surface area contributed by atoms with Crippen LogP contribution in [0.15, 0.2) is 0 Å². The molecular formula is C10H19NO4. The van der Waals surface area contributed by atoms with Crippen molar-refractivity contribution in [3.8, 4) is 0 Å². The second-order valence-electron chi connectivity index (χ2n) is 3.65. The molecule has 1 aliphatic carbocycles. The van der Waals surface area contributed by atoms with Gasteiger partial charge < -0.3 is 9.47 Å². The lowest BCUT2D eigenvalue weighted by Crippen LogP contribution is -2.39. The van der Waals surface area contributed by atoms with Crippen LogP contribution >= 0.6 is 0 Å². The van der Waals surface area contributed by atoms with E-state index in [1.807, 2.05) is 0 Å². The van der Waals surface area contributed by atoms with Crippen LogP contribution in [0.1, 0.15) is 32.1 Å². The Labute approximate surface area is 90.0 Å². The molecule has 0 heterocycles.